The Bertz CT molecular complexity index is 825. The fraction of sp³-hybridized carbons (Fsp3) is 0.176. The molecule has 2 aromatic carbocycles. The normalized spacial score (nSPS) is 12.4. The maximum atomic E-state index is 13.5. The van der Waals surface area contributed by atoms with Gasteiger partial charge in [0.05, 0.1) is 5.56 Å². The highest BCUT2D eigenvalue weighted by molar-refractivity contribution is 5.95. The first-order valence-corrected chi connectivity index (χ1v) is 7.34. The summed E-state index contributed by atoms with van der Waals surface area (Å²) in [5.41, 5.74) is -0.0215. The Morgan fingerprint density at radius 1 is 1.04 bits per heavy atom. The number of nitrogens with one attached hydrogen (secondary N) is 1. The van der Waals surface area contributed by atoms with Crippen molar-refractivity contribution in [3.8, 4) is 11.5 Å². The van der Waals surface area contributed by atoms with Crippen molar-refractivity contribution in [2.75, 3.05) is 25.1 Å². The molecule has 3 rings (SSSR count). The minimum Gasteiger partial charge on any atom is -0.486 e. The number of esters is 1. The van der Waals surface area contributed by atoms with Crippen molar-refractivity contribution in [1.82, 2.24) is 0 Å². The number of hydrogen-bond donors (Lipinski definition) is 1. The highest BCUT2D eigenvalue weighted by Crippen LogP contribution is 2.32. The van der Waals surface area contributed by atoms with E-state index in [0.717, 1.165) is 12.1 Å². The van der Waals surface area contributed by atoms with Gasteiger partial charge in [-0.05, 0) is 24.3 Å². The highest BCUT2D eigenvalue weighted by Gasteiger charge is 2.16. The molecule has 2 aromatic rings. The Kier molecular flexibility index (Phi) is 4.78. The molecule has 0 spiro atoms. The lowest BCUT2D eigenvalue weighted by molar-refractivity contribution is -0.119. The van der Waals surface area contributed by atoms with Gasteiger partial charge in [-0.2, -0.15) is 0 Å². The predicted octanol–water partition coefficient (Wildman–Crippen LogP) is 2.53. The molecule has 25 heavy (non-hydrogen) atoms. The molecule has 0 bridgehead atoms. The van der Waals surface area contributed by atoms with Crippen LogP contribution < -0.4 is 14.8 Å². The average Bonchev–Trinajstić information content (AvgIpc) is 2.59. The van der Waals surface area contributed by atoms with Crippen molar-refractivity contribution >= 4 is 17.6 Å². The third-order valence-electron chi connectivity index (χ3n) is 3.31. The number of ether oxygens (including phenoxy) is 3. The van der Waals surface area contributed by atoms with Crippen LogP contribution in [0.2, 0.25) is 0 Å². The van der Waals surface area contributed by atoms with E-state index in [-0.39, 0.29) is 0 Å². The van der Waals surface area contributed by atoms with E-state index in [1.807, 2.05) is 0 Å². The second kappa shape index (κ2) is 7.16. The molecule has 0 saturated carbocycles. The molecular weight excluding hydrogens is 336 g/mol. The van der Waals surface area contributed by atoms with E-state index in [9.17, 15) is 18.4 Å². The van der Waals surface area contributed by atoms with Crippen molar-refractivity contribution in [2.45, 2.75) is 0 Å². The summed E-state index contributed by atoms with van der Waals surface area (Å²) in [6, 6.07) is 7.26. The smallest absolute Gasteiger partial charge is 0.341 e. The number of fused-ring (bicyclic) bond motifs is 1. The molecule has 1 N–H and O–H groups in total. The summed E-state index contributed by atoms with van der Waals surface area (Å²) in [4.78, 5) is 23.6. The van der Waals surface area contributed by atoms with Gasteiger partial charge in [-0.25, -0.2) is 13.6 Å². The molecule has 0 radical (unpaired) electrons. The molecule has 6 nitrogen and oxygen atoms in total. The average molecular weight is 349 g/mol. The van der Waals surface area contributed by atoms with Gasteiger partial charge in [0.15, 0.2) is 18.1 Å². The van der Waals surface area contributed by atoms with Crippen molar-refractivity contribution in [3.63, 3.8) is 0 Å². The minimum absolute atomic E-state index is 0.408. The first kappa shape index (κ1) is 16.7. The van der Waals surface area contributed by atoms with E-state index in [0.29, 0.717) is 36.5 Å². The Morgan fingerprint density at radius 2 is 1.80 bits per heavy atom. The van der Waals surface area contributed by atoms with Gasteiger partial charge in [-0.1, -0.05) is 0 Å². The zero-order valence-electron chi connectivity index (χ0n) is 12.9. The largest absolute Gasteiger partial charge is 0.486 e. The molecule has 0 atom stereocenters. The predicted molar refractivity (Wildman–Crippen MR) is 82.7 cm³/mol. The summed E-state index contributed by atoms with van der Waals surface area (Å²) in [6.07, 6.45) is 0. The Labute approximate surface area is 141 Å². The van der Waals surface area contributed by atoms with Gasteiger partial charge in [0, 0.05) is 17.8 Å². The second-order valence-electron chi connectivity index (χ2n) is 5.11. The van der Waals surface area contributed by atoms with E-state index >= 15 is 0 Å². The standard InChI is InChI=1S/C17H13F2NO5/c18-10-1-3-12(13(19)7-10)17(22)25-9-16(21)20-11-2-4-14-15(8-11)24-6-5-23-14/h1-4,7-8H,5-6,9H2,(H,20,21). The first-order valence-electron chi connectivity index (χ1n) is 7.34. The molecular formula is C17H13F2NO5. The number of benzene rings is 2. The molecule has 8 heteroatoms. The van der Waals surface area contributed by atoms with Crippen molar-refractivity contribution in [2.24, 2.45) is 0 Å². The lowest BCUT2D eigenvalue weighted by atomic mass is 10.2. The quantitative estimate of drug-likeness (QED) is 0.859. The Morgan fingerprint density at radius 3 is 2.56 bits per heavy atom. The third kappa shape index (κ3) is 4.03. The molecule has 0 saturated heterocycles. The molecule has 1 aliphatic heterocycles. The van der Waals surface area contributed by atoms with Gasteiger partial charge in [-0.3, -0.25) is 4.79 Å². The molecule has 0 aliphatic carbocycles. The molecule has 1 amide bonds. The van der Waals surface area contributed by atoms with Crippen LogP contribution in [0.5, 0.6) is 11.5 Å². The Hall–Kier alpha value is -3.16. The van der Waals surface area contributed by atoms with Crippen LogP contribution in [0.15, 0.2) is 36.4 Å². The maximum Gasteiger partial charge on any atom is 0.341 e. The van der Waals surface area contributed by atoms with Crippen LogP contribution in [-0.2, 0) is 9.53 Å². The number of rotatable bonds is 4. The van der Waals surface area contributed by atoms with Gasteiger partial charge in [0.1, 0.15) is 24.8 Å². The van der Waals surface area contributed by atoms with Crippen LogP contribution in [0.3, 0.4) is 0 Å². The van der Waals surface area contributed by atoms with Gasteiger partial charge in [0.25, 0.3) is 5.91 Å². The SMILES string of the molecule is O=C(COC(=O)c1ccc(F)cc1F)Nc1ccc2c(c1)OCCO2. The number of carbonyl (C=O) groups is 2. The van der Waals surface area contributed by atoms with E-state index in [2.05, 4.69) is 5.32 Å². The summed E-state index contributed by atoms with van der Waals surface area (Å²) in [5.74, 6) is -2.48. The van der Waals surface area contributed by atoms with Crippen LogP contribution in [-0.4, -0.2) is 31.7 Å². The monoisotopic (exact) mass is 349 g/mol. The van der Waals surface area contributed by atoms with Crippen LogP contribution in [0.1, 0.15) is 10.4 Å². The summed E-state index contributed by atoms with van der Waals surface area (Å²) in [5, 5.41) is 2.52. The topological polar surface area (TPSA) is 73.9 Å². The van der Waals surface area contributed by atoms with Crippen LogP contribution >= 0.6 is 0 Å². The molecule has 0 aromatic heterocycles. The van der Waals surface area contributed by atoms with E-state index < -0.39 is 35.7 Å². The molecule has 0 unspecified atom stereocenters. The maximum absolute atomic E-state index is 13.5. The van der Waals surface area contributed by atoms with Gasteiger partial charge >= 0.3 is 5.97 Å². The number of amides is 1. The van der Waals surface area contributed by atoms with Gasteiger partial charge in [-0.15, -0.1) is 0 Å². The highest BCUT2D eigenvalue weighted by atomic mass is 19.1. The van der Waals surface area contributed by atoms with E-state index in [1.54, 1.807) is 18.2 Å². The molecule has 1 aliphatic rings. The summed E-state index contributed by atoms with van der Waals surface area (Å²) in [6.45, 7) is 0.240. The van der Waals surface area contributed by atoms with Gasteiger partial charge < -0.3 is 19.5 Å². The molecule has 0 fully saturated rings. The van der Waals surface area contributed by atoms with E-state index in [1.165, 1.54) is 0 Å². The van der Waals surface area contributed by atoms with Crippen molar-refractivity contribution < 1.29 is 32.6 Å². The zero-order valence-corrected chi connectivity index (χ0v) is 12.9. The van der Waals surface area contributed by atoms with Crippen molar-refractivity contribution in [1.29, 1.82) is 0 Å². The zero-order chi connectivity index (χ0) is 17.8. The number of hydrogen-bond acceptors (Lipinski definition) is 5. The molecule has 1 heterocycles. The third-order valence-corrected chi connectivity index (χ3v) is 3.31. The number of anilines is 1. The lowest BCUT2D eigenvalue weighted by Crippen LogP contribution is -2.21. The Balaban J connectivity index is 1.56. The minimum atomic E-state index is -1.06. The van der Waals surface area contributed by atoms with E-state index in [4.69, 9.17) is 14.2 Å². The fourth-order valence-corrected chi connectivity index (χ4v) is 2.18. The van der Waals surface area contributed by atoms with Crippen molar-refractivity contribution in [3.05, 3.63) is 53.6 Å². The summed E-state index contributed by atoms with van der Waals surface area (Å²) >= 11 is 0. The number of halogens is 2. The second-order valence-corrected chi connectivity index (χ2v) is 5.11. The summed E-state index contributed by atoms with van der Waals surface area (Å²) < 4.78 is 41.8. The first-order chi connectivity index (χ1) is 12.0. The van der Waals surface area contributed by atoms with Gasteiger partial charge in [0.2, 0.25) is 0 Å². The fourth-order valence-electron chi connectivity index (χ4n) is 2.18. The van der Waals surface area contributed by atoms with Crippen LogP contribution in [0.4, 0.5) is 14.5 Å². The molecule has 130 valence electrons. The number of carbonyl (C=O) groups excluding carboxylic acids is 2. The van der Waals surface area contributed by atoms with Crippen LogP contribution in [0.25, 0.3) is 0 Å². The lowest BCUT2D eigenvalue weighted by Gasteiger charge is -2.19. The van der Waals surface area contributed by atoms with Crippen LogP contribution in [0, 0.1) is 11.6 Å². The summed E-state index contributed by atoms with van der Waals surface area (Å²) in [7, 11) is 0.